The predicted molar refractivity (Wildman–Crippen MR) is 73.1 cm³/mol. The molecule has 19 heavy (non-hydrogen) atoms. The fourth-order valence-corrected chi connectivity index (χ4v) is 2.12. The van der Waals surface area contributed by atoms with E-state index < -0.39 is 10.0 Å². The summed E-state index contributed by atoms with van der Waals surface area (Å²) in [5.74, 6) is 1.40. The van der Waals surface area contributed by atoms with Crippen LogP contribution >= 0.6 is 0 Å². The van der Waals surface area contributed by atoms with Gasteiger partial charge in [0.1, 0.15) is 6.54 Å². The first-order chi connectivity index (χ1) is 8.98. The summed E-state index contributed by atoms with van der Waals surface area (Å²) in [5, 5.41) is 1.98. The van der Waals surface area contributed by atoms with E-state index in [9.17, 15) is 8.42 Å². The van der Waals surface area contributed by atoms with Crippen molar-refractivity contribution in [1.82, 2.24) is 0 Å². The SMILES string of the molecule is COc1cccc(C[NH2+]CC[N-]S(C)(=O)=O)c1OC. The van der Waals surface area contributed by atoms with Gasteiger partial charge in [-0.1, -0.05) is 12.6 Å². The molecule has 0 saturated carbocycles. The number of methoxy groups -OCH3 is 2. The molecule has 0 bridgehead atoms. The number of rotatable bonds is 8. The van der Waals surface area contributed by atoms with E-state index in [1.807, 2.05) is 23.5 Å². The van der Waals surface area contributed by atoms with Crippen molar-refractivity contribution in [2.45, 2.75) is 6.54 Å². The van der Waals surface area contributed by atoms with Crippen molar-refractivity contribution in [1.29, 1.82) is 0 Å². The molecule has 0 aliphatic rings. The number of ether oxygens (including phenoxy) is 2. The second-order valence-corrected chi connectivity index (χ2v) is 5.74. The van der Waals surface area contributed by atoms with Gasteiger partial charge in [0.05, 0.1) is 36.4 Å². The Morgan fingerprint density at radius 2 is 2.00 bits per heavy atom. The fourth-order valence-electron chi connectivity index (χ4n) is 1.68. The van der Waals surface area contributed by atoms with Crippen molar-refractivity contribution in [3.05, 3.63) is 28.5 Å². The monoisotopic (exact) mass is 288 g/mol. The van der Waals surface area contributed by atoms with E-state index in [4.69, 9.17) is 9.47 Å². The Balaban J connectivity index is 2.49. The molecule has 0 radical (unpaired) electrons. The highest BCUT2D eigenvalue weighted by Crippen LogP contribution is 2.29. The highest BCUT2D eigenvalue weighted by atomic mass is 32.2. The maximum Gasteiger partial charge on any atom is 0.169 e. The van der Waals surface area contributed by atoms with Gasteiger partial charge in [0, 0.05) is 6.26 Å². The number of quaternary nitrogens is 1. The zero-order chi connectivity index (χ0) is 14.3. The number of nitrogens with zero attached hydrogens (tertiary/aromatic N) is 1. The van der Waals surface area contributed by atoms with E-state index in [1.165, 1.54) is 0 Å². The Labute approximate surface area is 114 Å². The summed E-state index contributed by atoms with van der Waals surface area (Å²) in [6, 6.07) is 5.68. The van der Waals surface area contributed by atoms with Gasteiger partial charge in [-0.25, -0.2) is 8.42 Å². The molecule has 7 heteroatoms. The normalized spacial score (nSPS) is 11.3. The molecule has 0 amide bonds. The Bertz CT molecular complexity index is 502. The van der Waals surface area contributed by atoms with E-state index in [2.05, 4.69) is 4.72 Å². The van der Waals surface area contributed by atoms with Gasteiger partial charge in [-0.3, -0.25) is 0 Å². The molecule has 0 atom stereocenters. The van der Waals surface area contributed by atoms with Gasteiger partial charge in [-0.05, 0) is 12.1 Å². The molecule has 6 nitrogen and oxygen atoms in total. The van der Waals surface area contributed by atoms with Gasteiger partial charge in [-0.15, -0.1) is 0 Å². The first-order valence-corrected chi connectivity index (χ1v) is 7.73. The van der Waals surface area contributed by atoms with Gasteiger partial charge in [-0.2, -0.15) is 0 Å². The molecule has 1 aromatic carbocycles. The summed E-state index contributed by atoms with van der Waals surface area (Å²) in [6.07, 6.45) is 1.10. The average molecular weight is 288 g/mol. The lowest BCUT2D eigenvalue weighted by Gasteiger charge is -2.15. The van der Waals surface area contributed by atoms with Crippen LogP contribution in [0, 0.1) is 0 Å². The summed E-state index contributed by atoms with van der Waals surface area (Å²) in [7, 11) is -0.0413. The Morgan fingerprint density at radius 3 is 2.58 bits per heavy atom. The summed E-state index contributed by atoms with van der Waals surface area (Å²) < 4.78 is 35.7. The molecule has 0 fully saturated rings. The third-order valence-corrected chi connectivity index (χ3v) is 3.16. The van der Waals surface area contributed by atoms with Crippen LogP contribution in [0.4, 0.5) is 0 Å². The number of hydrogen-bond donors (Lipinski definition) is 1. The number of para-hydroxylation sites is 1. The van der Waals surface area contributed by atoms with E-state index in [0.717, 1.165) is 11.8 Å². The van der Waals surface area contributed by atoms with E-state index >= 15 is 0 Å². The van der Waals surface area contributed by atoms with Crippen molar-refractivity contribution in [2.24, 2.45) is 0 Å². The lowest BCUT2D eigenvalue weighted by atomic mass is 10.2. The molecule has 0 saturated heterocycles. The average Bonchev–Trinajstić information content (AvgIpc) is 2.36. The smallest absolute Gasteiger partial charge is 0.169 e. The largest absolute Gasteiger partial charge is 0.545 e. The van der Waals surface area contributed by atoms with Crippen molar-refractivity contribution in [3.63, 3.8) is 0 Å². The third kappa shape index (κ3) is 5.46. The van der Waals surface area contributed by atoms with Gasteiger partial charge >= 0.3 is 0 Å². The number of sulfonamides is 1. The number of benzene rings is 1. The van der Waals surface area contributed by atoms with Crippen LogP contribution in [-0.4, -0.2) is 42.0 Å². The highest BCUT2D eigenvalue weighted by molar-refractivity contribution is 7.93. The topological polar surface area (TPSA) is 83.3 Å². The summed E-state index contributed by atoms with van der Waals surface area (Å²) in [6.45, 7) is 1.57. The first kappa shape index (κ1) is 15.7. The number of hydrogen-bond acceptors (Lipinski definition) is 4. The van der Waals surface area contributed by atoms with Crippen molar-refractivity contribution in [2.75, 3.05) is 33.6 Å². The van der Waals surface area contributed by atoms with E-state index in [-0.39, 0.29) is 6.54 Å². The lowest BCUT2D eigenvalue weighted by molar-refractivity contribution is -0.667. The Morgan fingerprint density at radius 1 is 1.26 bits per heavy atom. The number of nitrogens with two attached hydrogens (primary N) is 1. The molecular formula is C12H20N2O4S. The van der Waals surface area contributed by atoms with Crippen molar-refractivity contribution >= 4 is 10.0 Å². The van der Waals surface area contributed by atoms with E-state index in [1.54, 1.807) is 14.2 Å². The van der Waals surface area contributed by atoms with Crippen LogP contribution in [0.15, 0.2) is 18.2 Å². The first-order valence-electron chi connectivity index (χ1n) is 5.88. The second-order valence-electron chi connectivity index (χ2n) is 4.02. The minimum atomic E-state index is -3.23. The summed E-state index contributed by atoms with van der Waals surface area (Å²) >= 11 is 0. The minimum Gasteiger partial charge on any atom is -0.545 e. The Hall–Kier alpha value is -1.31. The zero-order valence-corrected chi connectivity index (χ0v) is 12.2. The van der Waals surface area contributed by atoms with Crippen LogP contribution in [0.5, 0.6) is 11.5 Å². The van der Waals surface area contributed by atoms with Crippen LogP contribution in [0.2, 0.25) is 0 Å². The molecule has 2 N–H and O–H groups in total. The maximum atomic E-state index is 10.8. The summed E-state index contributed by atoms with van der Waals surface area (Å²) in [5.41, 5.74) is 1.00. The van der Waals surface area contributed by atoms with Gasteiger partial charge in [0.2, 0.25) is 0 Å². The summed E-state index contributed by atoms with van der Waals surface area (Å²) in [4.78, 5) is 0. The fraction of sp³-hybridized carbons (Fsp3) is 0.500. The molecule has 1 aromatic rings. The quantitative estimate of drug-likeness (QED) is 0.688. The van der Waals surface area contributed by atoms with Crippen LogP contribution in [0.1, 0.15) is 5.56 Å². The standard InChI is InChI=1S/C12H19N2O4S/c1-17-11-6-4-5-10(12(11)18-2)9-13-7-8-14-19(3,15)16/h4-6,13H,7-9H2,1-3H3/q-1/p+1. The van der Waals surface area contributed by atoms with Crippen molar-refractivity contribution < 1.29 is 23.2 Å². The second kappa shape index (κ2) is 7.32. The molecule has 0 aliphatic heterocycles. The van der Waals surface area contributed by atoms with E-state index in [0.29, 0.717) is 24.6 Å². The molecule has 0 spiro atoms. The van der Waals surface area contributed by atoms with Gasteiger partial charge in [0.25, 0.3) is 0 Å². The third-order valence-electron chi connectivity index (χ3n) is 2.51. The highest BCUT2D eigenvalue weighted by Gasteiger charge is 2.09. The van der Waals surface area contributed by atoms with Crippen LogP contribution in [-0.2, 0) is 16.6 Å². The molecule has 0 aromatic heterocycles. The maximum absolute atomic E-state index is 10.8. The molecule has 108 valence electrons. The molecule has 0 heterocycles. The zero-order valence-electron chi connectivity index (χ0n) is 11.4. The van der Waals surface area contributed by atoms with Crippen LogP contribution in [0.25, 0.3) is 4.72 Å². The lowest BCUT2D eigenvalue weighted by Crippen LogP contribution is -2.83. The molecular weight excluding hydrogens is 268 g/mol. The molecule has 0 unspecified atom stereocenters. The Kier molecular flexibility index (Phi) is 6.07. The van der Waals surface area contributed by atoms with Gasteiger partial charge in [0.15, 0.2) is 11.5 Å². The minimum absolute atomic E-state index is 0.283. The van der Waals surface area contributed by atoms with Crippen molar-refractivity contribution in [3.8, 4) is 11.5 Å². The van der Waals surface area contributed by atoms with Crippen LogP contribution in [0.3, 0.4) is 0 Å². The molecule has 1 rings (SSSR count). The van der Waals surface area contributed by atoms with Crippen LogP contribution < -0.4 is 14.8 Å². The van der Waals surface area contributed by atoms with Gasteiger partial charge < -0.3 is 19.5 Å². The molecule has 0 aliphatic carbocycles. The predicted octanol–water partition coefficient (Wildman–Crippen LogP) is 0.101.